The summed E-state index contributed by atoms with van der Waals surface area (Å²) in [6.45, 7) is 6.24. The zero-order valence-electron chi connectivity index (χ0n) is 15.9. The molecule has 6 nitrogen and oxygen atoms in total. The second kappa shape index (κ2) is 7.39. The van der Waals surface area contributed by atoms with Crippen LogP contribution in [-0.2, 0) is 6.54 Å². The Morgan fingerprint density at radius 3 is 2.93 bits per heavy atom. The van der Waals surface area contributed by atoms with Crippen molar-refractivity contribution in [2.45, 2.75) is 39.2 Å². The molecule has 1 aliphatic rings. The molecular weight excluding hydrogens is 338 g/mol. The number of nitrogens with zero attached hydrogens (tertiary/aromatic N) is 4. The van der Waals surface area contributed by atoms with E-state index in [-0.39, 0.29) is 11.8 Å². The molecule has 0 bridgehead atoms. The van der Waals surface area contributed by atoms with Crippen LogP contribution in [0.3, 0.4) is 0 Å². The molecule has 1 amide bonds. The van der Waals surface area contributed by atoms with Crippen molar-refractivity contribution in [3.63, 3.8) is 0 Å². The van der Waals surface area contributed by atoms with Crippen molar-refractivity contribution in [3.05, 3.63) is 71.1 Å². The molecular formula is C21H25N5O. The number of hydrogen-bond donors (Lipinski definition) is 1. The molecule has 2 aromatic heterocycles. The molecule has 1 aromatic carbocycles. The zero-order valence-corrected chi connectivity index (χ0v) is 15.9. The maximum Gasteiger partial charge on any atom is 0.253 e. The monoisotopic (exact) mass is 363 g/mol. The molecule has 140 valence electrons. The van der Waals surface area contributed by atoms with E-state index in [4.69, 9.17) is 0 Å². The van der Waals surface area contributed by atoms with E-state index in [9.17, 15) is 4.79 Å². The summed E-state index contributed by atoms with van der Waals surface area (Å²) in [5, 5.41) is 4.52. The predicted octanol–water partition coefficient (Wildman–Crippen LogP) is 3.29. The summed E-state index contributed by atoms with van der Waals surface area (Å²) >= 11 is 0. The molecule has 0 radical (unpaired) electrons. The minimum atomic E-state index is 0.0986. The lowest BCUT2D eigenvalue weighted by molar-refractivity contribution is 0.0704. The van der Waals surface area contributed by atoms with E-state index in [1.165, 1.54) is 0 Å². The number of rotatable bonds is 4. The largest absolute Gasteiger partial charge is 0.348 e. The van der Waals surface area contributed by atoms with Crippen LogP contribution in [0, 0.1) is 13.8 Å². The van der Waals surface area contributed by atoms with Gasteiger partial charge in [-0.3, -0.25) is 9.48 Å². The van der Waals surface area contributed by atoms with Gasteiger partial charge in [0.05, 0.1) is 12.2 Å². The van der Waals surface area contributed by atoms with E-state index in [0.717, 1.165) is 47.7 Å². The third-order valence-corrected chi connectivity index (χ3v) is 5.22. The Morgan fingerprint density at radius 1 is 1.30 bits per heavy atom. The summed E-state index contributed by atoms with van der Waals surface area (Å²) in [6.07, 6.45) is 5.69. The van der Waals surface area contributed by atoms with E-state index in [1.54, 1.807) is 6.20 Å². The van der Waals surface area contributed by atoms with Gasteiger partial charge in [-0.15, -0.1) is 0 Å². The topological polar surface area (TPSA) is 66.8 Å². The number of imidazole rings is 1. The van der Waals surface area contributed by atoms with Crippen LogP contribution in [0.2, 0.25) is 0 Å². The first-order valence-corrected chi connectivity index (χ1v) is 9.48. The number of H-pyrrole nitrogens is 1. The summed E-state index contributed by atoms with van der Waals surface area (Å²) in [5.74, 6) is 1.36. The van der Waals surface area contributed by atoms with E-state index in [0.29, 0.717) is 13.1 Å². The highest BCUT2D eigenvalue weighted by atomic mass is 16.2. The third kappa shape index (κ3) is 3.79. The summed E-state index contributed by atoms with van der Waals surface area (Å²) in [5.41, 5.74) is 3.97. The van der Waals surface area contributed by atoms with E-state index >= 15 is 0 Å². The van der Waals surface area contributed by atoms with Crippen LogP contribution in [-0.4, -0.2) is 43.6 Å². The normalized spacial score (nSPS) is 17.3. The molecule has 1 saturated heterocycles. The van der Waals surface area contributed by atoms with Crippen LogP contribution in [0.1, 0.15) is 51.9 Å². The second-order valence-corrected chi connectivity index (χ2v) is 7.35. The molecule has 1 fully saturated rings. The molecule has 0 aliphatic carbocycles. The maximum absolute atomic E-state index is 13.1. The Bertz CT molecular complexity index is 928. The highest BCUT2D eigenvalue weighted by Crippen LogP contribution is 2.25. The van der Waals surface area contributed by atoms with Crippen LogP contribution in [0.5, 0.6) is 0 Å². The summed E-state index contributed by atoms with van der Waals surface area (Å²) in [6, 6.07) is 9.98. The Morgan fingerprint density at radius 2 is 2.19 bits per heavy atom. The second-order valence-electron chi connectivity index (χ2n) is 7.35. The summed E-state index contributed by atoms with van der Waals surface area (Å²) < 4.78 is 1.98. The van der Waals surface area contributed by atoms with E-state index in [1.807, 2.05) is 40.9 Å². The molecule has 0 spiro atoms. The number of hydrogen-bond acceptors (Lipinski definition) is 3. The Kier molecular flexibility index (Phi) is 4.79. The van der Waals surface area contributed by atoms with Crippen molar-refractivity contribution in [1.82, 2.24) is 24.6 Å². The third-order valence-electron chi connectivity index (χ3n) is 5.22. The number of piperidine rings is 1. The van der Waals surface area contributed by atoms with Crippen LogP contribution in [0.15, 0.2) is 42.7 Å². The van der Waals surface area contributed by atoms with Gasteiger partial charge in [0, 0.05) is 42.7 Å². The van der Waals surface area contributed by atoms with Gasteiger partial charge >= 0.3 is 0 Å². The molecule has 1 atom stereocenters. The molecule has 0 unspecified atom stereocenters. The summed E-state index contributed by atoms with van der Waals surface area (Å²) in [7, 11) is 0. The first kappa shape index (κ1) is 17.5. The van der Waals surface area contributed by atoms with Crippen molar-refractivity contribution in [1.29, 1.82) is 0 Å². The Labute approximate surface area is 159 Å². The lowest BCUT2D eigenvalue weighted by Gasteiger charge is -2.32. The van der Waals surface area contributed by atoms with Crippen molar-refractivity contribution in [2.75, 3.05) is 13.1 Å². The van der Waals surface area contributed by atoms with Crippen molar-refractivity contribution in [2.24, 2.45) is 0 Å². The van der Waals surface area contributed by atoms with Gasteiger partial charge in [0.2, 0.25) is 0 Å². The quantitative estimate of drug-likeness (QED) is 0.773. The minimum Gasteiger partial charge on any atom is -0.348 e. The smallest absolute Gasteiger partial charge is 0.253 e. The number of nitrogens with one attached hydrogen (secondary N) is 1. The van der Waals surface area contributed by atoms with Gasteiger partial charge in [-0.1, -0.05) is 12.1 Å². The van der Waals surface area contributed by atoms with Gasteiger partial charge in [0.15, 0.2) is 0 Å². The fourth-order valence-corrected chi connectivity index (χ4v) is 3.88. The first-order chi connectivity index (χ1) is 13.1. The number of carbonyl (C=O) groups excluding carboxylic acids is 1. The van der Waals surface area contributed by atoms with Crippen LogP contribution in [0.25, 0.3) is 0 Å². The van der Waals surface area contributed by atoms with Crippen LogP contribution in [0.4, 0.5) is 0 Å². The maximum atomic E-state index is 13.1. The fraction of sp³-hybridized carbons (Fsp3) is 0.381. The standard InChI is InChI=1S/C21H25N5O/c1-15-11-16(2)26(24-15)13-17-5-3-6-18(12-17)21(27)25-10-4-7-19(14-25)20-22-8-9-23-20/h3,5-6,8-9,11-12,19H,4,7,10,13-14H2,1-2H3,(H,22,23)/t19-/m0/s1. The number of aromatic nitrogens is 4. The first-order valence-electron chi connectivity index (χ1n) is 9.48. The minimum absolute atomic E-state index is 0.0986. The van der Waals surface area contributed by atoms with Gasteiger partial charge in [-0.2, -0.15) is 5.10 Å². The highest BCUT2D eigenvalue weighted by molar-refractivity contribution is 5.94. The van der Waals surface area contributed by atoms with Gasteiger partial charge in [0.25, 0.3) is 5.91 Å². The molecule has 0 saturated carbocycles. The van der Waals surface area contributed by atoms with Crippen molar-refractivity contribution < 1.29 is 4.79 Å². The lowest BCUT2D eigenvalue weighted by atomic mass is 9.96. The van der Waals surface area contributed by atoms with Gasteiger partial charge < -0.3 is 9.88 Å². The number of amides is 1. The number of likely N-dealkylation sites (tertiary alicyclic amines) is 1. The molecule has 27 heavy (non-hydrogen) atoms. The Balaban J connectivity index is 1.49. The number of aromatic amines is 1. The molecule has 4 rings (SSSR count). The van der Waals surface area contributed by atoms with Crippen molar-refractivity contribution >= 4 is 5.91 Å². The van der Waals surface area contributed by atoms with Gasteiger partial charge in [-0.25, -0.2) is 4.98 Å². The molecule has 1 N–H and O–H groups in total. The van der Waals surface area contributed by atoms with E-state index < -0.39 is 0 Å². The number of benzene rings is 1. The Hall–Kier alpha value is -2.89. The SMILES string of the molecule is Cc1cc(C)n(Cc2cccc(C(=O)N3CCC[C@H](c4ncc[nH]4)C3)c2)n1. The van der Waals surface area contributed by atoms with Crippen LogP contribution >= 0.6 is 0 Å². The highest BCUT2D eigenvalue weighted by Gasteiger charge is 2.26. The number of carbonyl (C=O) groups is 1. The zero-order chi connectivity index (χ0) is 18.8. The molecule has 6 heteroatoms. The van der Waals surface area contributed by atoms with Gasteiger partial charge in [0.1, 0.15) is 5.82 Å². The molecule has 3 heterocycles. The van der Waals surface area contributed by atoms with Crippen LogP contribution < -0.4 is 0 Å². The van der Waals surface area contributed by atoms with Gasteiger partial charge in [-0.05, 0) is 50.5 Å². The fourth-order valence-electron chi connectivity index (χ4n) is 3.88. The lowest BCUT2D eigenvalue weighted by Crippen LogP contribution is -2.39. The molecule has 1 aliphatic heterocycles. The molecule has 3 aromatic rings. The van der Waals surface area contributed by atoms with Crippen molar-refractivity contribution in [3.8, 4) is 0 Å². The van der Waals surface area contributed by atoms with E-state index in [2.05, 4.69) is 34.1 Å². The average Bonchev–Trinajstić information content (AvgIpc) is 3.32. The predicted molar refractivity (Wildman–Crippen MR) is 104 cm³/mol. The summed E-state index contributed by atoms with van der Waals surface area (Å²) in [4.78, 5) is 22.6. The average molecular weight is 363 g/mol. The number of aryl methyl sites for hydroxylation is 2.